The van der Waals surface area contributed by atoms with Crippen LogP contribution < -0.4 is 5.32 Å². The van der Waals surface area contributed by atoms with E-state index in [1.54, 1.807) is 42.3 Å². The van der Waals surface area contributed by atoms with Gasteiger partial charge in [-0.05, 0) is 29.3 Å². The highest BCUT2D eigenvalue weighted by molar-refractivity contribution is 6.05. The summed E-state index contributed by atoms with van der Waals surface area (Å²) < 4.78 is 7.16. The topological polar surface area (TPSA) is 73.2 Å². The molecule has 2 heterocycles. The summed E-state index contributed by atoms with van der Waals surface area (Å²) in [6.07, 6.45) is 3.50. The third kappa shape index (κ3) is 3.09. The number of nitrogens with zero attached hydrogens (tertiary/aromatic N) is 2. The lowest BCUT2D eigenvalue weighted by molar-refractivity contribution is 0.0252. The van der Waals surface area contributed by atoms with Crippen molar-refractivity contribution in [3.05, 3.63) is 83.2 Å². The average Bonchev–Trinajstić information content (AvgIpc) is 3.06. The number of cyclic esters (lactones) is 1. The first-order valence-electron chi connectivity index (χ1n) is 8.29. The summed E-state index contributed by atoms with van der Waals surface area (Å²) >= 11 is 0. The molecule has 130 valence electrons. The van der Waals surface area contributed by atoms with Crippen molar-refractivity contribution in [2.24, 2.45) is 7.05 Å². The van der Waals surface area contributed by atoms with Gasteiger partial charge in [-0.2, -0.15) is 5.10 Å². The van der Waals surface area contributed by atoms with E-state index in [1.807, 2.05) is 30.3 Å². The number of benzene rings is 2. The summed E-state index contributed by atoms with van der Waals surface area (Å²) in [6, 6.07) is 14.7. The monoisotopic (exact) mass is 347 g/mol. The Labute approximate surface area is 150 Å². The van der Waals surface area contributed by atoms with Gasteiger partial charge >= 0.3 is 5.97 Å². The first-order valence-corrected chi connectivity index (χ1v) is 8.29. The number of hydrogen-bond acceptors (Lipinski definition) is 4. The summed E-state index contributed by atoms with van der Waals surface area (Å²) in [5, 5.41) is 6.83. The molecule has 6 nitrogen and oxygen atoms in total. The standard InChI is InChI=1S/C20H17N3O3/c1-23-12-16(11-21-23)22-19(24)14-7-8-17-15(9-14)10-18(26-20(17)25)13-5-3-2-4-6-13/h2-9,11-12,18H,10H2,1H3,(H,22,24). The Bertz CT molecular complexity index is 979. The summed E-state index contributed by atoms with van der Waals surface area (Å²) in [5.41, 5.74) is 3.38. The van der Waals surface area contributed by atoms with Crippen LogP contribution in [0.1, 0.15) is 37.9 Å². The maximum Gasteiger partial charge on any atom is 0.339 e. The van der Waals surface area contributed by atoms with Crippen molar-refractivity contribution in [3.8, 4) is 0 Å². The SMILES string of the molecule is Cn1cc(NC(=O)c2ccc3c(c2)CC(c2ccccc2)OC3=O)cn1. The fourth-order valence-corrected chi connectivity index (χ4v) is 3.08. The van der Waals surface area contributed by atoms with E-state index < -0.39 is 0 Å². The molecule has 0 fully saturated rings. The van der Waals surface area contributed by atoms with E-state index in [9.17, 15) is 9.59 Å². The summed E-state index contributed by atoms with van der Waals surface area (Å²) in [6.45, 7) is 0. The van der Waals surface area contributed by atoms with Crippen molar-refractivity contribution in [1.82, 2.24) is 9.78 Å². The molecule has 6 heteroatoms. The summed E-state index contributed by atoms with van der Waals surface area (Å²) in [7, 11) is 1.78. The van der Waals surface area contributed by atoms with Gasteiger partial charge in [-0.1, -0.05) is 30.3 Å². The van der Waals surface area contributed by atoms with Crippen LogP contribution in [-0.4, -0.2) is 21.7 Å². The van der Waals surface area contributed by atoms with Gasteiger partial charge in [0.2, 0.25) is 0 Å². The predicted molar refractivity (Wildman–Crippen MR) is 95.9 cm³/mol. The zero-order valence-corrected chi connectivity index (χ0v) is 14.2. The van der Waals surface area contributed by atoms with Crippen LogP contribution in [0.3, 0.4) is 0 Å². The first-order chi connectivity index (χ1) is 12.6. The second-order valence-corrected chi connectivity index (χ2v) is 6.24. The number of carbonyl (C=O) groups is 2. The van der Waals surface area contributed by atoms with Crippen LogP contribution in [0.2, 0.25) is 0 Å². The third-order valence-corrected chi connectivity index (χ3v) is 4.38. The molecular formula is C20H17N3O3. The number of anilines is 1. The highest BCUT2D eigenvalue weighted by atomic mass is 16.5. The summed E-state index contributed by atoms with van der Waals surface area (Å²) in [4.78, 5) is 24.8. The number of nitrogens with one attached hydrogen (secondary N) is 1. The average molecular weight is 347 g/mol. The van der Waals surface area contributed by atoms with E-state index in [1.165, 1.54) is 0 Å². The van der Waals surface area contributed by atoms with Crippen LogP contribution in [0.5, 0.6) is 0 Å². The van der Waals surface area contributed by atoms with Crippen LogP contribution in [0, 0.1) is 0 Å². The number of esters is 1. The van der Waals surface area contributed by atoms with Gasteiger partial charge in [-0.25, -0.2) is 4.79 Å². The molecule has 0 aliphatic carbocycles. The lowest BCUT2D eigenvalue weighted by Crippen LogP contribution is -2.23. The van der Waals surface area contributed by atoms with E-state index >= 15 is 0 Å². The number of aryl methyl sites for hydroxylation is 1. The highest BCUT2D eigenvalue weighted by Crippen LogP contribution is 2.31. The minimum atomic E-state index is -0.362. The minimum Gasteiger partial charge on any atom is -0.454 e. The fraction of sp³-hybridized carbons (Fsp3) is 0.150. The highest BCUT2D eigenvalue weighted by Gasteiger charge is 2.28. The molecular weight excluding hydrogens is 330 g/mol. The smallest absolute Gasteiger partial charge is 0.339 e. The fourth-order valence-electron chi connectivity index (χ4n) is 3.08. The predicted octanol–water partition coefficient (Wildman–Crippen LogP) is 3.13. The zero-order chi connectivity index (χ0) is 18.1. The number of hydrogen-bond donors (Lipinski definition) is 1. The molecule has 1 atom stereocenters. The molecule has 1 aromatic heterocycles. The largest absolute Gasteiger partial charge is 0.454 e. The number of rotatable bonds is 3. The minimum absolute atomic E-state index is 0.240. The van der Waals surface area contributed by atoms with Crippen molar-refractivity contribution >= 4 is 17.6 Å². The molecule has 26 heavy (non-hydrogen) atoms. The quantitative estimate of drug-likeness (QED) is 0.739. The molecule has 2 aromatic carbocycles. The van der Waals surface area contributed by atoms with Crippen LogP contribution >= 0.6 is 0 Å². The van der Waals surface area contributed by atoms with Crippen LogP contribution in [0.15, 0.2) is 60.9 Å². The number of amides is 1. The molecule has 3 aromatic rings. The van der Waals surface area contributed by atoms with Gasteiger partial charge in [-0.15, -0.1) is 0 Å². The van der Waals surface area contributed by atoms with Gasteiger partial charge < -0.3 is 10.1 Å². The summed E-state index contributed by atoms with van der Waals surface area (Å²) in [5.74, 6) is -0.602. The first kappa shape index (κ1) is 16.1. The lowest BCUT2D eigenvalue weighted by Gasteiger charge is -2.25. The van der Waals surface area contributed by atoms with Crippen molar-refractivity contribution in [2.75, 3.05) is 5.32 Å². The third-order valence-electron chi connectivity index (χ3n) is 4.38. The van der Waals surface area contributed by atoms with Gasteiger partial charge in [0.25, 0.3) is 5.91 Å². The molecule has 1 amide bonds. The normalized spacial score (nSPS) is 15.9. The second kappa shape index (κ2) is 6.48. The molecule has 1 N–H and O–H groups in total. The lowest BCUT2D eigenvalue weighted by atomic mass is 9.93. The Morgan fingerprint density at radius 1 is 1.23 bits per heavy atom. The van der Waals surface area contributed by atoms with Crippen LogP contribution in [0.25, 0.3) is 0 Å². The Kier molecular flexibility index (Phi) is 4.01. The molecule has 1 aliphatic rings. The van der Waals surface area contributed by atoms with Gasteiger partial charge in [0.1, 0.15) is 6.10 Å². The Hall–Kier alpha value is -3.41. The molecule has 4 rings (SSSR count). The zero-order valence-electron chi connectivity index (χ0n) is 14.2. The van der Waals surface area contributed by atoms with E-state index in [2.05, 4.69) is 10.4 Å². The number of carbonyl (C=O) groups excluding carboxylic acids is 2. The van der Waals surface area contributed by atoms with Gasteiger partial charge in [-0.3, -0.25) is 9.48 Å². The molecule has 0 saturated heterocycles. The van der Waals surface area contributed by atoms with E-state index in [0.717, 1.165) is 11.1 Å². The van der Waals surface area contributed by atoms with E-state index in [0.29, 0.717) is 23.2 Å². The maximum absolute atomic E-state index is 12.5. The van der Waals surface area contributed by atoms with Crippen molar-refractivity contribution in [2.45, 2.75) is 12.5 Å². The molecule has 1 unspecified atom stereocenters. The Balaban J connectivity index is 1.59. The maximum atomic E-state index is 12.5. The van der Waals surface area contributed by atoms with Crippen LogP contribution in [-0.2, 0) is 18.2 Å². The second-order valence-electron chi connectivity index (χ2n) is 6.24. The number of fused-ring (bicyclic) bond motifs is 1. The molecule has 0 saturated carbocycles. The van der Waals surface area contributed by atoms with Gasteiger partial charge in [0.05, 0.1) is 17.4 Å². The Morgan fingerprint density at radius 2 is 2.04 bits per heavy atom. The molecule has 0 spiro atoms. The van der Waals surface area contributed by atoms with E-state index in [-0.39, 0.29) is 18.0 Å². The number of aromatic nitrogens is 2. The van der Waals surface area contributed by atoms with E-state index in [4.69, 9.17) is 4.74 Å². The Morgan fingerprint density at radius 3 is 2.77 bits per heavy atom. The number of ether oxygens (including phenoxy) is 1. The molecule has 0 bridgehead atoms. The van der Waals surface area contributed by atoms with Crippen molar-refractivity contribution in [1.29, 1.82) is 0 Å². The van der Waals surface area contributed by atoms with Crippen molar-refractivity contribution < 1.29 is 14.3 Å². The molecule has 0 radical (unpaired) electrons. The van der Waals surface area contributed by atoms with Gasteiger partial charge in [0, 0.05) is 25.2 Å². The van der Waals surface area contributed by atoms with Gasteiger partial charge in [0.15, 0.2) is 0 Å². The molecule has 1 aliphatic heterocycles. The van der Waals surface area contributed by atoms with Crippen LogP contribution in [0.4, 0.5) is 5.69 Å². The van der Waals surface area contributed by atoms with Crippen molar-refractivity contribution in [3.63, 3.8) is 0 Å².